The first kappa shape index (κ1) is 12.8. The van der Waals surface area contributed by atoms with Gasteiger partial charge in [0.05, 0.1) is 17.9 Å². The van der Waals surface area contributed by atoms with Crippen molar-refractivity contribution >= 4 is 11.3 Å². The highest BCUT2D eigenvalue weighted by molar-refractivity contribution is 7.11. The molecule has 0 amide bonds. The Kier molecular flexibility index (Phi) is 3.41. The molecule has 1 fully saturated rings. The van der Waals surface area contributed by atoms with Gasteiger partial charge in [0, 0.05) is 29.7 Å². The molecule has 1 aliphatic carbocycles. The zero-order valence-electron chi connectivity index (χ0n) is 11.7. The van der Waals surface area contributed by atoms with Crippen LogP contribution in [0.15, 0.2) is 12.4 Å². The van der Waals surface area contributed by atoms with E-state index in [0.717, 1.165) is 6.42 Å². The van der Waals surface area contributed by atoms with Crippen molar-refractivity contribution in [3.8, 4) is 0 Å². The van der Waals surface area contributed by atoms with Crippen LogP contribution in [0.4, 0.5) is 0 Å². The molecule has 5 heteroatoms. The van der Waals surface area contributed by atoms with Crippen molar-refractivity contribution < 1.29 is 0 Å². The first-order chi connectivity index (χ1) is 9.17. The molecule has 1 N–H and O–H groups in total. The summed E-state index contributed by atoms with van der Waals surface area (Å²) >= 11 is 1.81. The number of aromatic nitrogens is 3. The van der Waals surface area contributed by atoms with Gasteiger partial charge in [0.25, 0.3) is 0 Å². The molecule has 2 heterocycles. The Bertz CT molecular complexity index is 568. The smallest absolute Gasteiger partial charge is 0.115 e. The summed E-state index contributed by atoms with van der Waals surface area (Å²) < 4.78 is 1.86. The van der Waals surface area contributed by atoms with Crippen LogP contribution in [-0.2, 0) is 13.5 Å². The van der Waals surface area contributed by atoms with Crippen LogP contribution >= 0.6 is 11.3 Å². The number of hydrogen-bond acceptors (Lipinski definition) is 4. The predicted molar refractivity (Wildman–Crippen MR) is 77.4 cm³/mol. The summed E-state index contributed by atoms with van der Waals surface area (Å²) in [5.74, 6) is 0. The topological polar surface area (TPSA) is 42.7 Å². The number of aryl methyl sites for hydroxylation is 3. The van der Waals surface area contributed by atoms with Crippen molar-refractivity contribution in [1.82, 2.24) is 20.1 Å². The van der Waals surface area contributed by atoms with E-state index >= 15 is 0 Å². The number of nitrogens with zero attached hydrogens (tertiary/aromatic N) is 3. The summed E-state index contributed by atoms with van der Waals surface area (Å²) in [6, 6.07) is 0.852. The lowest BCUT2D eigenvalue weighted by Gasteiger charge is -2.14. The van der Waals surface area contributed by atoms with Gasteiger partial charge in [0.1, 0.15) is 5.01 Å². The van der Waals surface area contributed by atoms with Crippen molar-refractivity contribution in [2.24, 2.45) is 7.05 Å². The molecular weight excluding hydrogens is 256 g/mol. The zero-order chi connectivity index (χ0) is 13.4. The second-order valence-corrected chi connectivity index (χ2v) is 6.46. The lowest BCUT2D eigenvalue weighted by Crippen LogP contribution is -2.24. The van der Waals surface area contributed by atoms with Gasteiger partial charge < -0.3 is 5.32 Å². The molecule has 4 nitrogen and oxygen atoms in total. The molecule has 3 rings (SSSR count). The van der Waals surface area contributed by atoms with Crippen molar-refractivity contribution in [3.05, 3.63) is 33.5 Å². The van der Waals surface area contributed by atoms with Gasteiger partial charge in [-0.2, -0.15) is 5.10 Å². The molecule has 19 heavy (non-hydrogen) atoms. The maximum absolute atomic E-state index is 4.81. The van der Waals surface area contributed by atoms with Crippen LogP contribution in [-0.4, -0.2) is 20.8 Å². The molecule has 102 valence electrons. The zero-order valence-corrected chi connectivity index (χ0v) is 12.5. The van der Waals surface area contributed by atoms with E-state index in [-0.39, 0.29) is 6.04 Å². The fourth-order valence-electron chi connectivity index (χ4n) is 2.29. The molecule has 1 aliphatic rings. The van der Waals surface area contributed by atoms with Gasteiger partial charge in [-0.3, -0.25) is 4.68 Å². The van der Waals surface area contributed by atoms with Crippen LogP contribution in [0, 0.1) is 6.92 Å². The molecule has 0 aromatic carbocycles. The van der Waals surface area contributed by atoms with Crippen molar-refractivity contribution in [3.63, 3.8) is 0 Å². The summed E-state index contributed by atoms with van der Waals surface area (Å²) in [6.45, 7) is 4.33. The molecular formula is C14H20N4S. The molecule has 1 unspecified atom stereocenters. The normalized spacial score (nSPS) is 16.8. The van der Waals surface area contributed by atoms with Gasteiger partial charge in [0.15, 0.2) is 0 Å². The first-order valence-electron chi connectivity index (χ1n) is 6.88. The number of rotatable bonds is 5. The van der Waals surface area contributed by atoms with Gasteiger partial charge in [-0.05, 0) is 26.2 Å². The average molecular weight is 276 g/mol. The molecule has 0 saturated heterocycles. The van der Waals surface area contributed by atoms with E-state index in [9.17, 15) is 0 Å². The predicted octanol–water partition coefficient (Wildman–Crippen LogP) is 2.59. The molecule has 0 radical (unpaired) electrons. The molecule has 2 aromatic rings. The molecule has 2 aromatic heterocycles. The number of nitrogens with one attached hydrogen (secondary N) is 1. The highest BCUT2D eigenvalue weighted by Crippen LogP contribution is 2.32. The largest absolute Gasteiger partial charge is 0.301 e. The Hall–Kier alpha value is -1.20. The minimum absolute atomic E-state index is 0.199. The number of hydrogen-bond donors (Lipinski definition) is 1. The van der Waals surface area contributed by atoms with E-state index in [1.807, 2.05) is 29.3 Å². The third-order valence-electron chi connectivity index (χ3n) is 3.53. The third kappa shape index (κ3) is 2.72. The molecule has 0 spiro atoms. The van der Waals surface area contributed by atoms with E-state index in [2.05, 4.69) is 30.5 Å². The summed E-state index contributed by atoms with van der Waals surface area (Å²) in [4.78, 5) is 6.15. The third-order valence-corrected chi connectivity index (χ3v) is 4.61. The molecule has 1 atom stereocenters. The SMILES string of the molecule is CCc1nc(C(NC2CC2)c2cnn(C)c2)sc1C. The van der Waals surface area contributed by atoms with Gasteiger partial charge >= 0.3 is 0 Å². The Morgan fingerprint density at radius 3 is 2.84 bits per heavy atom. The highest BCUT2D eigenvalue weighted by Gasteiger charge is 2.29. The van der Waals surface area contributed by atoms with Crippen LogP contribution in [0.1, 0.15) is 46.9 Å². The lowest BCUT2D eigenvalue weighted by molar-refractivity contribution is 0.596. The van der Waals surface area contributed by atoms with Crippen LogP contribution in [0.3, 0.4) is 0 Å². The van der Waals surface area contributed by atoms with Crippen LogP contribution in [0.5, 0.6) is 0 Å². The van der Waals surface area contributed by atoms with E-state index < -0.39 is 0 Å². The van der Waals surface area contributed by atoms with E-state index in [4.69, 9.17) is 4.98 Å². The minimum Gasteiger partial charge on any atom is -0.301 e. The van der Waals surface area contributed by atoms with Gasteiger partial charge in [0.2, 0.25) is 0 Å². The summed E-state index contributed by atoms with van der Waals surface area (Å²) in [5, 5.41) is 9.16. The molecule has 0 aliphatic heterocycles. The molecule has 1 saturated carbocycles. The van der Waals surface area contributed by atoms with Crippen LogP contribution in [0.25, 0.3) is 0 Å². The van der Waals surface area contributed by atoms with Crippen LogP contribution < -0.4 is 5.32 Å². The van der Waals surface area contributed by atoms with E-state index in [1.165, 1.54) is 34.0 Å². The second kappa shape index (κ2) is 5.06. The van der Waals surface area contributed by atoms with Gasteiger partial charge in [-0.25, -0.2) is 4.98 Å². The monoisotopic (exact) mass is 276 g/mol. The number of thiazole rings is 1. The summed E-state index contributed by atoms with van der Waals surface area (Å²) in [5.41, 5.74) is 2.44. The quantitative estimate of drug-likeness (QED) is 0.913. The molecule has 0 bridgehead atoms. The van der Waals surface area contributed by atoms with Gasteiger partial charge in [-0.1, -0.05) is 6.92 Å². The fourth-order valence-corrected chi connectivity index (χ4v) is 3.39. The van der Waals surface area contributed by atoms with Crippen molar-refractivity contribution in [2.45, 2.75) is 45.2 Å². The Balaban J connectivity index is 1.92. The van der Waals surface area contributed by atoms with Crippen LogP contribution in [0.2, 0.25) is 0 Å². The summed E-state index contributed by atoms with van der Waals surface area (Å²) in [6.07, 6.45) is 7.60. The summed E-state index contributed by atoms with van der Waals surface area (Å²) in [7, 11) is 1.96. The van der Waals surface area contributed by atoms with Crippen molar-refractivity contribution in [2.75, 3.05) is 0 Å². The Morgan fingerprint density at radius 2 is 2.32 bits per heavy atom. The minimum atomic E-state index is 0.199. The first-order valence-corrected chi connectivity index (χ1v) is 7.69. The van der Waals surface area contributed by atoms with Gasteiger partial charge in [-0.15, -0.1) is 11.3 Å². The fraction of sp³-hybridized carbons (Fsp3) is 0.571. The maximum Gasteiger partial charge on any atom is 0.115 e. The van der Waals surface area contributed by atoms with E-state index in [1.54, 1.807) is 0 Å². The van der Waals surface area contributed by atoms with Crippen molar-refractivity contribution in [1.29, 1.82) is 0 Å². The average Bonchev–Trinajstić information content (AvgIpc) is 2.99. The second-order valence-electron chi connectivity index (χ2n) is 5.23. The standard InChI is InChI=1S/C14H20N4S/c1-4-12-9(2)19-14(17-12)13(16-11-5-6-11)10-7-15-18(3)8-10/h7-8,11,13,16H,4-6H2,1-3H3. The maximum atomic E-state index is 4.81. The Morgan fingerprint density at radius 1 is 1.53 bits per heavy atom. The Labute approximate surface area is 117 Å². The van der Waals surface area contributed by atoms with E-state index in [0.29, 0.717) is 6.04 Å². The lowest BCUT2D eigenvalue weighted by atomic mass is 10.1. The highest BCUT2D eigenvalue weighted by atomic mass is 32.1.